The summed E-state index contributed by atoms with van der Waals surface area (Å²) < 4.78 is 0. The summed E-state index contributed by atoms with van der Waals surface area (Å²) in [6.07, 6.45) is 4.66. The molecule has 2 aliphatic rings. The molecule has 21 heavy (non-hydrogen) atoms. The van der Waals surface area contributed by atoms with E-state index in [1.165, 1.54) is 38.6 Å². The monoisotopic (exact) mass is 268 g/mol. The SMILES string of the molecule is CC1C=Cc2cccc3c2C1c1cccc2cccc-3c12. The van der Waals surface area contributed by atoms with Crippen LogP contribution in [-0.2, 0) is 0 Å². The maximum Gasteiger partial charge on any atom is 0.0168 e. The van der Waals surface area contributed by atoms with E-state index in [0.29, 0.717) is 11.8 Å². The fourth-order valence-electron chi connectivity index (χ4n) is 4.23. The summed E-state index contributed by atoms with van der Waals surface area (Å²) in [5.74, 6) is 1.05. The number of hydrogen-bond acceptors (Lipinski definition) is 0. The lowest BCUT2D eigenvalue weighted by atomic mass is 9.68. The van der Waals surface area contributed by atoms with Crippen molar-refractivity contribution in [2.75, 3.05) is 0 Å². The lowest BCUT2D eigenvalue weighted by Crippen LogP contribution is -2.18. The van der Waals surface area contributed by atoms with Gasteiger partial charge in [-0.3, -0.25) is 0 Å². The molecule has 3 aromatic carbocycles. The third kappa shape index (κ3) is 1.35. The van der Waals surface area contributed by atoms with Crippen molar-refractivity contribution in [3.63, 3.8) is 0 Å². The van der Waals surface area contributed by atoms with Crippen molar-refractivity contribution in [3.8, 4) is 11.1 Å². The molecule has 0 aromatic heterocycles. The Hall–Kier alpha value is -2.34. The van der Waals surface area contributed by atoms with Gasteiger partial charge in [-0.05, 0) is 44.5 Å². The third-order valence-corrected chi connectivity index (χ3v) is 5.12. The standard InChI is InChI=1S/C21H16/c1-13-11-12-15-7-3-9-17-16-8-2-5-14-6-4-10-18(20(14)16)19(13)21(15)17/h2-13,19H,1H3. The van der Waals surface area contributed by atoms with Crippen LogP contribution in [0, 0.1) is 5.92 Å². The molecule has 2 aliphatic carbocycles. The Morgan fingerprint density at radius 3 is 2.48 bits per heavy atom. The summed E-state index contributed by atoms with van der Waals surface area (Å²) >= 11 is 0. The van der Waals surface area contributed by atoms with E-state index in [1.54, 1.807) is 0 Å². The van der Waals surface area contributed by atoms with E-state index in [0.717, 1.165) is 0 Å². The molecule has 5 rings (SSSR count). The summed E-state index contributed by atoms with van der Waals surface area (Å²) in [6, 6.07) is 20.2. The van der Waals surface area contributed by atoms with E-state index in [2.05, 4.69) is 73.7 Å². The van der Waals surface area contributed by atoms with Gasteiger partial charge in [0.1, 0.15) is 0 Å². The molecule has 100 valence electrons. The van der Waals surface area contributed by atoms with Crippen molar-refractivity contribution < 1.29 is 0 Å². The van der Waals surface area contributed by atoms with Gasteiger partial charge in [0, 0.05) is 5.92 Å². The van der Waals surface area contributed by atoms with Gasteiger partial charge in [0.2, 0.25) is 0 Å². The molecule has 0 nitrogen and oxygen atoms in total. The topological polar surface area (TPSA) is 0 Å². The van der Waals surface area contributed by atoms with Crippen LogP contribution in [0.4, 0.5) is 0 Å². The molecule has 0 amide bonds. The molecule has 0 bridgehead atoms. The van der Waals surface area contributed by atoms with Crippen LogP contribution in [0.2, 0.25) is 0 Å². The van der Waals surface area contributed by atoms with E-state index in [4.69, 9.17) is 0 Å². The Kier molecular flexibility index (Phi) is 2.08. The second kappa shape index (κ2) is 3.85. The average Bonchev–Trinajstić information content (AvgIpc) is 2.53. The highest BCUT2D eigenvalue weighted by atomic mass is 14.4. The van der Waals surface area contributed by atoms with Crippen LogP contribution < -0.4 is 0 Å². The van der Waals surface area contributed by atoms with E-state index >= 15 is 0 Å². The van der Waals surface area contributed by atoms with E-state index in [-0.39, 0.29) is 0 Å². The van der Waals surface area contributed by atoms with Crippen LogP contribution in [0.3, 0.4) is 0 Å². The molecular formula is C21H16. The summed E-state index contributed by atoms with van der Waals surface area (Å²) in [7, 11) is 0. The quantitative estimate of drug-likeness (QED) is 0.496. The molecule has 0 heteroatoms. The highest BCUT2D eigenvalue weighted by molar-refractivity contribution is 6.03. The smallest absolute Gasteiger partial charge is 0.0168 e. The van der Waals surface area contributed by atoms with Crippen LogP contribution in [0.25, 0.3) is 28.0 Å². The van der Waals surface area contributed by atoms with Crippen LogP contribution in [0.1, 0.15) is 29.5 Å². The lowest BCUT2D eigenvalue weighted by Gasteiger charge is -2.35. The first-order valence-electron chi connectivity index (χ1n) is 7.68. The van der Waals surface area contributed by atoms with Crippen molar-refractivity contribution in [3.05, 3.63) is 77.4 Å². The van der Waals surface area contributed by atoms with Crippen LogP contribution in [0.15, 0.2) is 60.7 Å². The number of rotatable bonds is 0. The van der Waals surface area contributed by atoms with Crippen LogP contribution in [-0.4, -0.2) is 0 Å². The van der Waals surface area contributed by atoms with Gasteiger partial charge < -0.3 is 0 Å². The summed E-state index contributed by atoms with van der Waals surface area (Å²) in [4.78, 5) is 0. The molecule has 3 aromatic rings. The van der Waals surface area contributed by atoms with E-state index in [9.17, 15) is 0 Å². The first-order valence-corrected chi connectivity index (χ1v) is 7.68. The Bertz CT molecular complexity index is 909. The van der Waals surface area contributed by atoms with Gasteiger partial charge in [0.05, 0.1) is 0 Å². The molecule has 0 N–H and O–H groups in total. The molecule has 0 radical (unpaired) electrons. The number of benzene rings is 3. The van der Waals surface area contributed by atoms with E-state index in [1.807, 2.05) is 0 Å². The average molecular weight is 268 g/mol. The van der Waals surface area contributed by atoms with Gasteiger partial charge in [0.15, 0.2) is 0 Å². The maximum atomic E-state index is 2.36. The normalized spacial score (nSPS) is 21.4. The first-order chi connectivity index (χ1) is 10.3. The zero-order chi connectivity index (χ0) is 14.0. The predicted molar refractivity (Wildman–Crippen MR) is 89.4 cm³/mol. The van der Waals surface area contributed by atoms with Gasteiger partial charge in [-0.1, -0.05) is 73.7 Å². The molecular weight excluding hydrogens is 252 g/mol. The minimum Gasteiger partial charge on any atom is -0.0801 e. The predicted octanol–water partition coefficient (Wildman–Crippen LogP) is 5.62. The maximum absolute atomic E-state index is 2.36. The zero-order valence-electron chi connectivity index (χ0n) is 12.0. The van der Waals surface area contributed by atoms with E-state index < -0.39 is 0 Å². The summed E-state index contributed by atoms with van der Waals surface area (Å²) in [5.41, 5.74) is 7.25. The molecule has 0 aliphatic heterocycles. The second-order valence-corrected chi connectivity index (χ2v) is 6.26. The third-order valence-electron chi connectivity index (χ3n) is 5.12. The van der Waals surface area contributed by atoms with Crippen molar-refractivity contribution >= 4 is 16.8 Å². The highest BCUT2D eigenvalue weighted by Crippen LogP contribution is 2.51. The zero-order valence-corrected chi connectivity index (χ0v) is 12.0. The van der Waals surface area contributed by atoms with Crippen molar-refractivity contribution in [2.24, 2.45) is 5.92 Å². The largest absolute Gasteiger partial charge is 0.0801 e. The number of fused-ring (bicyclic) bond motifs is 2. The van der Waals surface area contributed by atoms with Crippen LogP contribution in [0.5, 0.6) is 0 Å². The van der Waals surface area contributed by atoms with Crippen LogP contribution >= 0.6 is 0 Å². The minimum absolute atomic E-state index is 0.500. The molecule has 0 saturated carbocycles. The molecule has 2 atom stereocenters. The summed E-state index contributed by atoms with van der Waals surface area (Å²) in [5, 5.41) is 2.82. The fraction of sp³-hybridized carbons (Fsp3) is 0.143. The number of hydrogen-bond donors (Lipinski definition) is 0. The van der Waals surface area contributed by atoms with Crippen molar-refractivity contribution in [1.82, 2.24) is 0 Å². The molecule has 0 fully saturated rings. The fourth-order valence-corrected chi connectivity index (χ4v) is 4.23. The highest BCUT2D eigenvalue weighted by Gasteiger charge is 2.32. The van der Waals surface area contributed by atoms with Gasteiger partial charge in [0.25, 0.3) is 0 Å². The number of allylic oxidation sites excluding steroid dienone is 1. The molecule has 0 heterocycles. The van der Waals surface area contributed by atoms with Crippen molar-refractivity contribution in [1.29, 1.82) is 0 Å². The minimum atomic E-state index is 0.500. The van der Waals surface area contributed by atoms with Gasteiger partial charge in [-0.2, -0.15) is 0 Å². The Balaban J connectivity index is 2.03. The molecule has 0 spiro atoms. The molecule has 2 unspecified atom stereocenters. The van der Waals surface area contributed by atoms with Crippen molar-refractivity contribution in [2.45, 2.75) is 12.8 Å². The Morgan fingerprint density at radius 2 is 1.57 bits per heavy atom. The summed E-state index contributed by atoms with van der Waals surface area (Å²) in [6.45, 7) is 2.34. The van der Waals surface area contributed by atoms with Gasteiger partial charge in [-0.15, -0.1) is 0 Å². The Morgan fingerprint density at radius 1 is 0.810 bits per heavy atom. The van der Waals surface area contributed by atoms with Gasteiger partial charge in [-0.25, -0.2) is 0 Å². The van der Waals surface area contributed by atoms with Gasteiger partial charge >= 0.3 is 0 Å². The lowest BCUT2D eigenvalue weighted by molar-refractivity contribution is 0.621. The Labute approximate surface area is 124 Å². The second-order valence-electron chi connectivity index (χ2n) is 6.26. The first kappa shape index (κ1) is 11.3. The molecule has 0 saturated heterocycles.